The summed E-state index contributed by atoms with van der Waals surface area (Å²) in [5.41, 5.74) is 1.95. The number of fused-ring (bicyclic) bond motifs is 1. The van der Waals surface area contributed by atoms with Gasteiger partial charge in [0.15, 0.2) is 0 Å². The van der Waals surface area contributed by atoms with Crippen molar-refractivity contribution in [2.24, 2.45) is 11.8 Å². The number of alkyl carbamates (subject to hydrolysis) is 1. The Morgan fingerprint density at radius 1 is 0.927 bits per heavy atom. The van der Waals surface area contributed by atoms with E-state index in [9.17, 15) is 24.3 Å². The standard InChI is InChI=1S/C41H47F2N5O7/c1-5-46-23-32(39(50)51)38(49)31-20-33(42)36(21-35(31)46)47-15-17-48(18-16-47)41(53)55-25-29-11-13-30(14-12-29)44-22-27(4)19-34(43)37(26(2)3)45-40(52)54-24-28-9-7-6-8-10-28/h6-14,19-21,23,26-27,37,44H,5,15-18,22,24-25H2,1-4H3,(H,45,52)(H,50,51)/b34-19-/t27-,37+/m1/s1. The molecule has 2 amide bonds. The molecule has 1 aromatic heterocycles. The molecule has 55 heavy (non-hydrogen) atoms. The van der Waals surface area contributed by atoms with Gasteiger partial charge in [0.1, 0.15) is 30.4 Å². The summed E-state index contributed by atoms with van der Waals surface area (Å²) in [6.45, 7) is 9.51. The first-order chi connectivity index (χ1) is 26.3. The number of halogens is 2. The summed E-state index contributed by atoms with van der Waals surface area (Å²) in [6, 6.07) is 18.4. The molecule has 2 heterocycles. The van der Waals surface area contributed by atoms with E-state index in [0.717, 1.165) is 22.9 Å². The molecule has 0 saturated carbocycles. The minimum Gasteiger partial charge on any atom is -0.477 e. The molecule has 2 atom stereocenters. The minimum atomic E-state index is -1.37. The van der Waals surface area contributed by atoms with Gasteiger partial charge in [0, 0.05) is 56.5 Å². The third-order valence-corrected chi connectivity index (χ3v) is 9.44. The highest BCUT2D eigenvalue weighted by Gasteiger charge is 2.26. The van der Waals surface area contributed by atoms with Crippen molar-refractivity contribution in [1.82, 2.24) is 14.8 Å². The van der Waals surface area contributed by atoms with E-state index in [2.05, 4.69) is 10.6 Å². The fourth-order valence-corrected chi connectivity index (χ4v) is 6.30. The zero-order valence-electron chi connectivity index (χ0n) is 31.4. The molecule has 1 fully saturated rings. The number of carbonyl (C=O) groups is 3. The maximum Gasteiger partial charge on any atom is 0.410 e. The molecule has 5 rings (SSSR count). The molecule has 3 aromatic carbocycles. The van der Waals surface area contributed by atoms with Crippen LogP contribution in [-0.4, -0.2) is 71.5 Å². The second-order valence-electron chi connectivity index (χ2n) is 13.8. The van der Waals surface area contributed by atoms with Gasteiger partial charge in [-0.05, 0) is 60.2 Å². The number of hydrogen-bond acceptors (Lipinski definition) is 8. The monoisotopic (exact) mass is 759 g/mol. The van der Waals surface area contributed by atoms with E-state index in [1.54, 1.807) is 27.4 Å². The lowest BCUT2D eigenvalue weighted by atomic mass is 10.0. The van der Waals surface area contributed by atoms with Crippen LogP contribution in [0.5, 0.6) is 0 Å². The highest BCUT2D eigenvalue weighted by Crippen LogP contribution is 2.27. The van der Waals surface area contributed by atoms with Gasteiger partial charge in [0.25, 0.3) is 0 Å². The van der Waals surface area contributed by atoms with Gasteiger partial charge in [-0.25, -0.2) is 23.2 Å². The van der Waals surface area contributed by atoms with E-state index in [0.29, 0.717) is 31.7 Å². The van der Waals surface area contributed by atoms with Crippen LogP contribution in [-0.2, 0) is 29.2 Å². The Hall–Kier alpha value is -5.92. The first kappa shape index (κ1) is 40.3. The van der Waals surface area contributed by atoms with E-state index in [4.69, 9.17) is 9.47 Å². The lowest BCUT2D eigenvalue weighted by Gasteiger charge is -2.35. The summed E-state index contributed by atoms with van der Waals surface area (Å²) in [7, 11) is 0. The maximum absolute atomic E-state index is 15.3. The normalized spacial score (nSPS) is 14.4. The Balaban J connectivity index is 1.07. The fraction of sp³-hybridized carbons (Fsp3) is 0.366. The van der Waals surface area contributed by atoms with Crippen LogP contribution in [0.15, 0.2) is 89.6 Å². The number of benzene rings is 3. The van der Waals surface area contributed by atoms with E-state index >= 15 is 8.78 Å². The number of nitrogens with one attached hydrogen (secondary N) is 2. The van der Waals surface area contributed by atoms with Crippen molar-refractivity contribution < 1.29 is 37.7 Å². The third kappa shape index (κ3) is 10.4. The first-order valence-corrected chi connectivity index (χ1v) is 18.3. The lowest BCUT2D eigenvalue weighted by molar-refractivity contribution is 0.0694. The summed E-state index contributed by atoms with van der Waals surface area (Å²) in [5, 5.41) is 15.3. The molecule has 0 aliphatic carbocycles. The second-order valence-corrected chi connectivity index (χ2v) is 13.8. The van der Waals surface area contributed by atoms with Gasteiger partial charge < -0.3 is 39.6 Å². The number of carboxylic acid groups (broad SMARTS) is 1. The number of aromatic nitrogens is 1. The van der Waals surface area contributed by atoms with Crippen LogP contribution in [0, 0.1) is 17.7 Å². The highest BCUT2D eigenvalue weighted by molar-refractivity contribution is 5.93. The van der Waals surface area contributed by atoms with Crippen molar-refractivity contribution in [3.05, 3.63) is 118 Å². The molecule has 0 radical (unpaired) electrons. The van der Waals surface area contributed by atoms with E-state index in [-0.39, 0.29) is 49.2 Å². The zero-order valence-corrected chi connectivity index (χ0v) is 31.4. The smallest absolute Gasteiger partial charge is 0.410 e. The highest BCUT2D eigenvalue weighted by atomic mass is 19.1. The number of nitrogens with zero attached hydrogens (tertiary/aromatic N) is 3. The van der Waals surface area contributed by atoms with Crippen molar-refractivity contribution in [2.75, 3.05) is 42.9 Å². The number of ether oxygens (including phenoxy) is 2. The molecule has 14 heteroatoms. The van der Waals surface area contributed by atoms with Crippen LogP contribution in [0.4, 0.5) is 29.7 Å². The summed E-state index contributed by atoms with van der Waals surface area (Å²) >= 11 is 0. The second kappa shape index (κ2) is 18.4. The average molecular weight is 760 g/mol. The predicted molar refractivity (Wildman–Crippen MR) is 206 cm³/mol. The zero-order chi connectivity index (χ0) is 39.6. The van der Waals surface area contributed by atoms with Crippen LogP contribution < -0.4 is 21.0 Å². The molecule has 12 nitrogen and oxygen atoms in total. The molecule has 1 saturated heterocycles. The predicted octanol–water partition coefficient (Wildman–Crippen LogP) is 7.17. The van der Waals surface area contributed by atoms with Gasteiger partial charge in [-0.15, -0.1) is 0 Å². The summed E-state index contributed by atoms with van der Waals surface area (Å²) in [6.07, 6.45) is 1.58. The SMILES string of the molecule is CCn1cc(C(=O)O)c(=O)c2cc(F)c(N3CCN(C(=O)OCc4ccc(NC[C@H](C)/C=C(\F)[C@@H](NC(=O)OCc5ccccc5)C(C)C)cc4)CC3)cc21. The molecule has 0 spiro atoms. The van der Waals surface area contributed by atoms with Crippen LogP contribution in [0.3, 0.4) is 0 Å². The molecule has 292 valence electrons. The molecule has 3 N–H and O–H groups in total. The lowest BCUT2D eigenvalue weighted by Crippen LogP contribution is -2.49. The minimum absolute atomic E-state index is 0.00343. The summed E-state index contributed by atoms with van der Waals surface area (Å²) < 4.78 is 43.0. The number of amides is 2. The Bertz CT molecular complexity index is 2060. The number of carboxylic acids is 1. The van der Waals surface area contributed by atoms with Crippen molar-refractivity contribution in [3.63, 3.8) is 0 Å². The molecule has 0 unspecified atom stereocenters. The van der Waals surface area contributed by atoms with Gasteiger partial charge in [-0.3, -0.25) is 4.79 Å². The molecular formula is C41H47F2N5O7. The number of piperazine rings is 1. The molecular weight excluding hydrogens is 712 g/mol. The number of hydrogen-bond donors (Lipinski definition) is 3. The maximum atomic E-state index is 15.3. The van der Waals surface area contributed by atoms with E-state index < -0.39 is 46.8 Å². The number of pyridine rings is 1. The van der Waals surface area contributed by atoms with Gasteiger partial charge in [0.05, 0.1) is 17.2 Å². The van der Waals surface area contributed by atoms with E-state index in [1.807, 2.05) is 75.4 Å². The van der Waals surface area contributed by atoms with Gasteiger partial charge in [0.2, 0.25) is 5.43 Å². The number of aromatic carboxylic acids is 1. The number of anilines is 2. The molecule has 0 bridgehead atoms. The van der Waals surface area contributed by atoms with Crippen LogP contribution in [0.1, 0.15) is 49.2 Å². The quantitative estimate of drug-likeness (QED) is 0.122. The van der Waals surface area contributed by atoms with Gasteiger partial charge in [-0.1, -0.05) is 63.2 Å². The number of carbonyl (C=O) groups excluding carboxylic acids is 2. The van der Waals surface area contributed by atoms with E-state index in [1.165, 1.54) is 12.3 Å². The largest absolute Gasteiger partial charge is 0.477 e. The Kier molecular flexibility index (Phi) is 13.5. The molecule has 1 aliphatic rings. The Morgan fingerprint density at radius 2 is 1.58 bits per heavy atom. The fourth-order valence-electron chi connectivity index (χ4n) is 6.30. The Labute approximate surface area is 318 Å². The number of rotatable bonds is 14. The van der Waals surface area contributed by atoms with Gasteiger partial charge >= 0.3 is 18.2 Å². The summed E-state index contributed by atoms with van der Waals surface area (Å²) in [5.74, 6) is -2.86. The van der Waals surface area contributed by atoms with Crippen molar-refractivity contribution >= 4 is 40.4 Å². The van der Waals surface area contributed by atoms with Crippen molar-refractivity contribution in [3.8, 4) is 0 Å². The third-order valence-electron chi connectivity index (χ3n) is 9.44. The van der Waals surface area contributed by atoms with Crippen LogP contribution >= 0.6 is 0 Å². The van der Waals surface area contributed by atoms with Gasteiger partial charge in [-0.2, -0.15) is 0 Å². The van der Waals surface area contributed by atoms with Crippen LogP contribution in [0.25, 0.3) is 10.9 Å². The molecule has 1 aliphatic heterocycles. The number of aryl methyl sites for hydroxylation is 1. The molecule has 4 aromatic rings. The average Bonchev–Trinajstić information content (AvgIpc) is 3.18. The van der Waals surface area contributed by atoms with Crippen molar-refractivity contribution in [2.45, 2.75) is 53.5 Å². The Morgan fingerprint density at radius 3 is 2.22 bits per heavy atom. The topological polar surface area (TPSA) is 142 Å². The van der Waals surface area contributed by atoms with Crippen molar-refractivity contribution in [1.29, 1.82) is 0 Å². The summed E-state index contributed by atoms with van der Waals surface area (Å²) in [4.78, 5) is 52.8. The first-order valence-electron chi connectivity index (χ1n) is 18.3. The van der Waals surface area contributed by atoms with Crippen LogP contribution in [0.2, 0.25) is 0 Å².